The first-order valence-corrected chi connectivity index (χ1v) is 12.0. The van der Waals surface area contributed by atoms with Gasteiger partial charge in [0.1, 0.15) is 0 Å². The molecule has 2 fully saturated rings. The van der Waals surface area contributed by atoms with Crippen molar-refractivity contribution in [2.45, 2.75) is 29.4 Å². The number of ether oxygens (including phenoxy) is 1. The Morgan fingerprint density at radius 3 is 2.85 bits per heavy atom. The van der Waals surface area contributed by atoms with Crippen molar-refractivity contribution < 1.29 is 13.9 Å². The number of amides is 1. The molecule has 0 aliphatic carbocycles. The summed E-state index contributed by atoms with van der Waals surface area (Å²) in [5.74, 6) is -0.337. The summed E-state index contributed by atoms with van der Waals surface area (Å²) in [6.07, 6.45) is 4.52. The third kappa shape index (κ3) is 4.73. The van der Waals surface area contributed by atoms with Crippen LogP contribution in [-0.2, 0) is 4.74 Å². The molecule has 2 heterocycles. The molecule has 0 spiro atoms. The van der Waals surface area contributed by atoms with Gasteiger partial charge in [0.05, 0.1) is 6.07 Å². The molecule has 0 bridgehead atoms. The van der Waals surface area contributed by atoms with Crippen LogP contribution < -0.4 is 9.80 Å². The number of carbonyl (C=O) groups is 1. The summed E-state index contributed by atoms with van der Waals surface area (Å²) in [5, 5.41) is 10.7. The topological polar surface area (TPSA) is 56.6 Å². The van der Waals surface area contributed by atoms with E-state index in [-0.39, 0.29) is 27.7 Å². The van der Waals surface area contributed by atoms with Crippen LogP contribution in [0, 0.1) is 17.1 Å². The number of nitrogens with zero attached hydrogens (tertiary/aromatic N) is 3. The second-order valence-electron chi connectivity index (χ2n) is 6.62. The molecule has 0 N–H and O–H groups in total. The Labute approximate surface area is 165 Å². The molecule has 5 nitrogen and oxygen atoms in total. The number of nitriles is 1. The molecule has 142 valence electrons. The van der Waals surface area contributed by atoms with Gasteiger partial charge in [-0.15, -0.1) is 0 Å². The van der Waals surface area contributed by atoms with Crippen molar-refractivity contribution in [2.24, 2.45) is 0 Å². The zero-order chi connectivity index (χ0) is 19.2. The first-order chi connectivity index (χ1) is 13.1. The molecule has 1 aromatic rings. The van der Waals surface area contributed by atoms with Crippen LogP contribution in [0.1, 0.15) is 12.8 Å². The first-order valence-electron chi connectivity index (χ1n) is 9.04. The van der Waals surface area contributed by atoms with Crippen LogP contribution in [0.3, 0.4) is 0 Å². The van der Waals surface area contributed by atoms with Gasteiger partial charge in [0.15, 0.2) is 0 Å². The van der Waals surface area contributed by atoms with Crippen LogP contribution >= 0.6 is 0 Å². The summed E-state index contributed by atoms with van der Waals surface area (Å²) in [5.41, 5.74) is 2.18. The summed E-state index contributed by atoms with van der Waals surface area (Å²) in [6.45, 7) is 5.57. The second kappa shape index (κ2) is 9.10. The van der Waals surface area contributed by atoms with E-state index in [1.54, 1.807) is 18.2 Å². The van der Waals surface area contributed by atoms with E-state index in [0.717, 1.165) is 28.8 Å². The molecule has 0 saturated carbocycles. The zero-order valence-corrected chi connectivity index (χ0v) is 17.3. The number of hydrogen-bond donors (Lipinski definition) is 0. The van der Waals surface area contributed by atoms with Gasteiger partial charge in [-0.3, -0.25) is 0 Å². The van der Waals surface area contributed by atoms with Crippen LogP contribution in [0.2, 0.25) is 10.4 Å². The number of rotatable bonds is 6. The maximum atomic E-state index is 14.7. The molecule has 1 aromatic carbocycles. The van der Waals surface area contributed by atoms with Crippen LogP contribution in [0.15, 0.2) is 42.5 Å². The Morgan fingerprint density at radius 2 is 2.19 bits per heavy atom. The molecular weight excluding hydrogens is 408 g/mol. The van der Waals surface area contributed by atoms with E-state index in [1.165, 1.54) is 11.0 Å². The summed E-state index contributed by atoms with van der Waals surface area (Å²) in [6, 6.07) is 6.99. The molecule has 2 aliphatic heterocycles. The average Bonchev–Trinajstić information content (AvgIpc) is 3.03. The summed E-state index contributed by atoms with van der Waals surface area (Å²) >= 11 is -0.184. The van der Waals surface area contributed by atoms with E-state index < -0.39 is 6.09 Å². The van der Waals surface area contributed by atoms with Gasteiger partial charge in [0, 0.05) is 6.08 Å². The Balaban J connectivity index is 1.65. The quantitative estimate of drug-likeness (QED) is 0.299. The maximum absolute atomic E-state index is 14.7. The molecule has 7 heteroatoms. The monoisotopic (exact) mass is 431 g/mol. The third-order valence-corrected chi connectivity index (χ3v) is 7.57. The number of hydrogen-bond acceptors (Lipinski definition) is 4. The van der Waals surface area contributed by atoms with Gasteiger partial charge in [0.2, 0.25) is 0 Å². The van der Waals surface area contributed by atoms with Crippen LogP contribution in [0.4, 0.5) is 20.6 Å². The van der Waals surface area contributed by atoms with Crippen molar-refractivity contribution in [3.8, 4) is 6.07 Å². The predicted octanol–water partition coefficient (Wildman–Crippen LogP) is 3.66. The van der Waals surface area contributed by atoms with Crippen molar-refractivity contribution in [2.75, 3.05) is 29.4 Å². The van der Waals surface area contributed by atoms with E-state index in [9.17, 15) is 9.18 Å². The SMILES string of the molecule is C=CC[AsH]C[C@@H]1CN(c2ccc(N3CCC(=CC#N)CC3)c(F)c2)C(=O)O1. The minimum atomic E-state index is -0.401. The number of piperidine rings is 1. The van der Waals surface area contributed by atoms with Gasteiger partial charge in [-0.1, -0.05) is 0 Å². The van der Waals surface area contributed by atoms with Crippen molar-refractivity contribution in [3.63, 3.8) is 0 Å². The average molecular weight is 431 g/mol. The molecule has 2 aliphatic rings. The number of anilines is 2. The standard InChI is InChI=1S/C20H23AsFN3O2/c1-2-8-21-13-17-14-25(20(26)27-17)16-3-4-19(18(22)12-16)24-10-6-15(5-9-23)7-11-24/h2-5,12,17,21H,1,6-8,10-11,13-14H2/t17-/m1/s1. The van der Waals surface area contributed by atoms with Crippen LogP contribution in [-0.4, -0.2) is 47.6 Å². The van der Waals surface area contributed by atoms with Gasteiger partial charge in [0.25, 0.3) is 0 Å². The normalized spacial score (nSPS) is 20.1. The first kappa shape index (κ1) is 19.5. The van der Waals surface area contributed by atoms with E-state index >= 15 is 0 Å². The minimum absolute atomic E-state index is 0.104. The molecule has 2 atom stereocenters. The summed E-state index contributed by atoms with van der Waals surface area (Å²) in [7, 11) is 0. The van der Waals surface area contributed by atoms with Gasteiger partial charge in [-0.25, -0.2) is 0 Å². The molecule has 0 radical (unpaired) electrons. The molecule has 0 aromatic heterocycles. The number of halogens is 1. The third-order valence-electron chi connectivity index (χ3n) is 4.79. The van der Waals surface area contributed by atoms with Crippen molar-refractivity contribution in [1.29, 1.82) is 5.26 Å². The Morgan fingerprint density at radius 1 is 1.41 bits per heavy atom. The fourth-order valence-corrected chi connectivity index (χ4v) is 5.27. The van der Waals surface area contributed by atoms with Gasteiger partial charge in [-0.2, -0.15) is 5.26 Å². The molecule has 2 saturated heterocycles. The molecule has 3 rings (SSSR count). The van der Waals surface area contributed by atoms with Crippen LogP contribution in [0.5, 0.6) is 0 Å². The molecular formula is C20H23AsFN3O2. The van der Waals surface area contributed by atoms with Crippen molar-refractivity contribution >= 4 is 33.2 Å². The van der Waals surface area contributed by atoms with E-state index in [1.807, 2.05) is 11.0 Å². The number of allylic oxidation sites excluding steroid dienone is 2. The fourth-order valence-electron chi connectivity index (χ4n) is 3.38. The Bertz CT molecular complexity index is 780. The fraction of sp³-hybridized carbons (Fsp3) is 0.400. The van der Waals surface area contributed by atoms with Crippen molar-refractivity contribution in [3.05, 3.63) is 48.3 Å². The second-order valence-corrected chi connectivity index (χ2v) is 9.38. The van der Waals surface area contributed by atoms with E-state index in [0.29, 0.717) is 31.0 Å². The van der Waals surface area contributed by atoms with Gasteiger partial charge in [-0.05, 0) is 0 Å². The molecule has 1 unspecified atom stereocenters. The van der Waals surface area contributed by atoms with Crippen molar-refractivity contribution in [1.82, 2.24) is 0 Å². The van der Waals surface area contributed by atoms with E-state index in [2.05, 4.69) is 12.6 Å². The van der Waals surface area contributed by atoms with E-state index in [4.69, 9.17) is 10.00 Å². The predicted molar refractivity (Wildman–Crippen MR) is 106 cm³/mol. The zero-order valence-electron chi connectivity index (χ0n) is 15.2. The number of cyclic esters (lactones) is 1. The van der Waals surface area contributed by atoms with Gasteiger partial charge < -0.3 is 0 Å². The van der Waals surface area contributed by atoms with Gasteiger partial charge >= 0.3 is 148 Å². The summed E-state index contributed by atoms with van der Waals surface area (Å²) in [4.78, 5) is 15.6. The molecule has 27 heavy (non-hydrogen) atoms. The Hall–Kier alpha value is -2.25. The summed E-state index contributed by atoms with van der Waals surface area (Å²) < 4.78 is 20.1. The number of carbonyl (C=O) groups excluding carboxylic acids is 1. The number of benzene rings is 1. The Kier molecular flexibility index (Phi) is 6.58. The van der Waals surface area contributed by atoms with Crippen LogP contribution in [0.25, 0.3) is 0 Å². The molecule has 1 amide bonds.